The number of ether oxygens (including phenoxy) is 1. The molecule has 0 aromatic heterocycles. The summed E-state index contributed by atoms with van der Waals surface area (Å²) in [6.45, 7) is 4.61. The first-order chi connectivity index (χ1) is 14.5. The maximum atomic E-state index is 12.6. The summed E-state index contributed by atoms with van der Waals surface area (Å²) in [5.74, 6) is 0.189. The average Bonchev–Trinajstić information content (AvgIpc) is 2.73. The Labute approximate surface area is 184 Å². The van der Waals surface area contributed by atoms with Gasteiger partial charge >= 0.3 is 0 Å². The number of rotatable bonds is 7. The largest absolute Gasteiger partial charge is 0.492 e. The molecular weight excluding hydrogens is 444 g/mol. The van der Waals surface area contributed by atoms with Crippen molar-refractivity contribution in [3.63, 3.8) is 0 Å². The lowest BCUT2D eigenvalue weighted by atomic mass is 10.1. The molecule has 0 atom stereocenters. The zero-order chi connectivity index (χ0) is 21.5. The molecule has 154 valence electrons. The summed E-state index contributed by atoms with van der Waals surface area (Å²) < 4.78 is 6.33. The fourth-order valence-corrected chi connectivity index (χ4v) is 3.33. The topological polar surface area (TPSA) is 67.4 Å². The van der Waals surface area contributed by atoms with Gasteiger partial charge in [-0.2, -0.15) is 0 Å². The van der Waals surface area contributed by atoms with Gasteiger partial charge in [0.2, 0.25) is 0 Å². The van der Waals surface area contributed by atoms with Gasteiger partial charge in [-0.05, 0) is 83.4 Å². The van der Waals surface area contributed by atoms with Gasteiger partial charge < -0.3 is 15.4 Å². The monoisotopic (exact) mass is 466 g/mol. The van der Waals surface area contributed by atoms with Crippen LogP contribution in [0, 0.1) is 6.92 Å². The zero-order valence-electron chi connectivity index (χ0n) is 16.9. The highest BCUT2D eigenvalue weighted by Crippen LogP contribution is 2.26. The van der Waals surface area contributed by atoms with Gasteiger partial charge in [-0.15, -0.1) is 0 Å². The second-order valence-corrected chi connectivity index (χ2v) is 7.71. The maximum absolute atomic E-state index is 12.6. The van der Waals surface area contributed by atoms with Gasteiger partial charge in [0.1, 0.15) is 5.75 Å². The van der Waals surface area contributed by atoms with Crippen LogP contribution in [0.15, 0.2) is 71.2 Å². The van der Waals surface area contributed by atoms with Crippen LogP contribution in [0.4, 0.5) is 11.4 Å². The number of aryl methyl sites for hydroxylation is 1. The number of carbonyl (C=O) groups is 2. The molecule has 0 radical (unpaired) electrons. The molecule has 0 heterocycles. The maximum Gasteiger partial charge on any atom is 0.255 e. The molecule has 0 aliphatic heterocycles. The second kappa shape index (κ2) is 10.1. The molecule has 30 heavy (non-hydrogen) atoms. The average molecular weight is 467 g/mol. The molecule has 0 saturated heterocycles. The minimum atomic E-state index is -0.269. The van der Waals surface area contributed by atoms with E-state index in [9.17, 15) is 9.59 Å². The van der Waals surface area contributed by atoms with E-state index in [1.165, 1.54) is 0 Å². The first-order valence-corrected chi connectivity index (χ1v) is 10.5. The Balaban J connectivity index is 1.69. The molecule has 0 fully saturated rings. The lowest BCUT2D eigenvalue weighted by Gasteiger charge is -2.11. The van der Waals surface area contributed by atoms with Crippen molar-refractivity contribution in [3.8, 4) is 5.75 Å². The lowest BCUT2D eigenvalue weighted by Crippen LogP contribution is -2.14. The highest BCUT2D eigenvalue weighted by Gasteiger charge is 2.12. The Morgan fingerprint density at radius 1 is 0.867 bits per heavy atom. The Morgan fingerprint density at radius 3 is 2.13 bits per heavy atom. The molecule has 0 aliphatic carbocycles. The third kappa shape index (κ3) is 5.70. The molecule has 0 saturated carbocycles. The van der Waals surface area contributed by atoms with Crippen molar-refractivity contribution < 1.29 is 14.3 Å². The molecule has 3 aromatic rings. The summed E-state index contributed by atoms with van der Waals surface area (Å²) in [5.41, 5.74) is 3.27. The number of hydrogen-bond donors (Lipinski definition) is 2. The number of hydrogen-bond acceptors (Lipinski definition) is 3. The van der Waals surface area contributed by atoms with Gasteiger partial charge in [0, 0.05) is 22.5 Å². The van der Waals surface area contributed by atoms with Crippen molar-refractivity contribution in [2.75, 3.05) is 17.2 Å². The van der Waals surface area contributed by atoms with Crippen LogP contribution < -0.4 is 15.4 Å². The lowest BCUT2D eigenvalue weighted by molar-refractivity contribution is 0.101. The highest BCUT2D eigenvalue weighted by atomic mass is 79.9. The number of benzene rings is 3. The van der Waals surface area contributed by atoms with Crippen LogP contribution in [0.3, 0.4) is 0 Å². The molecule has 2 amide bonds. The highest BCUT2D eigenvalue weighted by molar-refractivity contribution is 9.10. The van der Waals surface area contributed by atoms with E-state index in [1.54, 1.807) is 42.5 Å². The number of carbonyl (C=O) groups excluding carboxylic acids is 2. The predicted molar refractivity (Wildman–Crippen MR) is 123 cm³/mol. The molecule has 3 rings (SSSR count). The molecule has 5 nitrogen and oxygen atoms in total. The molecule has 0 aliphatic rings. The van der Waals surface area contributed by atoms with Gasteiger partial charge in [0.25, 0.3) is 11.8 Å². The van der Waals surface area contributed by atoms with Crippen molar-refractivity contribution in [1.82, 2.24) is 0 Å². The van der Waals surface area contributed by atoms with Crippen molar-refractivity contribution in [1.29, 1.82) is 0 Å². The molecule has 2 N–H and O–H groups in total. The Morgan fingerprint density at radius 2 is 1.50 bits per heavy atom. The number of halogens is 1. The summed E-state index contributed by atoms with van der Waals surface area (Å²) in [4.78, 5) is 25.2. The standard InChI is InChI=1S/C24H23BrN2O3/c1-3-12-30-22-11-10-18(15-21(22)25)24(29)27-20-9-5-7-17(14-20)23(28)26-19-8-4-6-16(2)13-19/h4-11,13-15H,3,12H2,1-2H3,(H,26,28)(H,27,29). The molecule has 3 aromatic carbocycles. The quantitative estimate of drug-likeness (QED) is 0.445. The van der Waals surface area contributed by atoms with E-state index >= 15 is 0 Å². The summed E-state index contributed by atoms with van der Waals surface area (Å²) >= 11 is 3.44. The number of nitrogens with one attached hydrogen (secondary N) is 2. The van der Waals surface area contributed by atoms with Crippen LogP contribution >= 0.6 is 15.9 Å². The van der Waals surface area contributed by atoms with Gasteiger partial charge in [-0.1, -0.05) is 25.1 Å². The van der Waals surface area contributed by atoms with E-state index in [0.29, 0.717) is 29.2 Å². The Bertz CT molecular complexity index is 1070. The Kier molecular flexibility index (Phi) is 7.25. The van der Waals surface area contributed by atoms with Crippen molar-refractivity contribution in [3.05, 3.63) is 87.9 Å². The van der Waals surface area contributed by atoms with Crippen LogP contribution in [0.1, 0.15) is 39.6 Å². The minimum absolute atomic E-state index is 0.239. The third-order valence-electron chi connectivity index (χ3n) is 4.31. The van der Waals surface area contributed by atoms with Crippen LogP contribution in [0.25, 0.3) is 0 Å². The summed E-state index contributed by atoms with van der Waals surface area (Å²) in [5, 5.41) is 5.71. The van der Waals surface area contributed by atoms with Crippen LogP contribution in [0.5, 0.6) is 5.75 Å². The summed E-state index contributed by atoms with van der Waals surface area (Å²) in [6, 6.07) is 19.6. The number of anilines is 2. The molecule has 0 bridgehead atoms. The normalized spacial score (nSPS) is 10.4. The summed E-state index contributed by atoms with van der Waals surface area (Å²) in [7, 11) is 0. The van der Waals surface area contributed by atoms with E-state index in [-0.39, 0.29) is 11.8 Å². The second-order valence-electron chi connectivity index (χ2n) is 6.85. The molecular formula is C24H23BrN2O3. The van der Waals surface area contributed by atoms with E-state index in [0.717, 1.165) is 22.1 Å². The fraction of sp³-hybridized carbons (Fsp3) is 0.167. The molecule has 0 spiro atoms. The first-order valence-electron chi connectivity index (χ1n) is 9.68. The SMILES string of the molecule is CCCOc1ccc(C(=O)Nc2cccc(C(=O)Nc3cccc(C)c3)c2)cc1Br. The van der Waals surface area contributed by atoms with Gasteiger partial charge in [0.15, 0.2) is 0 Å². The smallest absolute Gasteiger partial charge is 0.255 e. The summed E-state index contributed by atoms with van der Waals surface area (Å²) in [6.07, 6.45) is 0.905. The predicted octanol–water partition coefficient (Wildman–Crippen LogP) is 6.05. The van der Waals surface area contributed by atoms with Crippen molar-refractivity contribution >= 4 is 39.1 Å². The molecule has 6 heteroatoms. The van der Waals surface area contributed by atoms with Crippen LogP contribution in [-0.4, -0.2) is 18.4 Å². The van der Waals surface area contributed by atoms with Crippen molar-refractivity contribution in [2.45, 2.75) is 20.3 Å². The number of amides is 2. The minimum Gasteiger partial charge on any atom is -0.492 e. The van der Waals surface area contributed by atoms with Crippen LogP contribution in [-0.2, 0) is 0 Å². The zero-order valence-corrected chi connectivity index (χ0v) is 18.5. The van der Waals surface area contributed by atoms with Gasteiger partial charge in [0.05, 0.1) is 11.1 Å². The van der Waals surface area contributed by atoms with Gasteiger partial charge in [-0.25, -0.2) is 0 Å². The fourth-order valence-electron chi connectivity index (χ4n) is 2.84. The molecule has 0 unspecified atom stereocenters. The third-order valence-corrected chi connectivity index (χ3v) is 4.93. The first kappa shape index (κ1) is 21.6. The van der Waals surface area contributed by atoms with Gasteiger partial charge in [-0.3, -0.25) is 9.59 Å². The Hall–Kier alpha value is -3.12. The van der Waals surface area contributed by atoms with E-state index in [1.807, 2.05) is 38.1 Å². The van der Waals surface area contributed by atoms with E-state index in [4.69, 9.17) is 4.74 Å². The van der Waals surface area contributed by atoms with E-state index < -0.39 is 0 Å². The van der Waals surface area contributed by atoms with Crippen molar-refractivity contribution in [2.24, 2.45) is 0 Å². The van der Waals surface area contributed by atoms with Crippen LogP contribution in [0.2, 0.25) is 0 Å². The van der Waals surface area contributed by atoms with E-state index in [2.05, 4.69) is 26.6 Å².